The van der Waals surface area contributed by atoms with Crippen LogP contribution in [0.15, 0.2) is 108 Å². The van der Waals surface area contributed by atoms with Gasteiger partial charge in [-0.3, -0.25) is 38.1 Å². The van der Waals surface area contributed by atoms with E-state index in [1.165, 1.54) is 61.6 Å². The molecule has 0 saturated heterocycles. The van der Waals surface area contributed by atoms with Crippen LogP contribution in [0.4, 0.5) is 14.4 Å². The first-order valence-electron chi connectivity index (χ1n) is 53.3. The molecule has 4 aromatic rings. The number of amides is 3. The molecular weight excluding hydrogens is 1910 g/mol. The summed E-state index contributed by atoms with van der Waals surface area (Å²) >= 11 is 0. The highest BCUT2D eigenvalue weighted by Gasteiger charge is 2.30. The highest BCUT2D eigenvalue weighted by atomic mass is 32.2. The van der Waals surface area contributed by atoms with Gasteiger partial charge in [-0.25, -0.2) is 24.0 Å². The minimum atomic E-state index is -4.05. The Labute approximate surface area is 879 Å². The van der Waals surface area contributed by atoms with Gasteiger partial charge in [0, 0.05) is 26.4 Å². The number of carbonyl (C=O) groups excluding carboxylic acids is 10. The first-order chi connectivity index (χ1) is 69.9. The molecule has 840 valence electrons. The van der Waals surface area contributed by atoms with E-state index < -0.39 is 56.6 Å². The summed E-state index contributed by atoms with van der Waals surface area (Å²) in [6.07, 6.45) is 24.7. The molecule has 4 aromatic carbocycles. The van der Waals surface area contributed by atoms with E-state index in [1.807, 2.05) is 69.2 Å². The lowest BCUT2D eigenvalue weighted by Gasteiger charge is -2.20. The minimum absolute atomic E-state index is 0.0513. The van der Waals surface area contributed by atoms with Gasteiger partial charge >= 0.3 is 72.0 Å². The number of para-hydroxylation sites is 1. The Morgan fingerprint density at radius 3 is 1.02 bits per heavy atom. The number of alkyl carbamates (subject to hydrolysis) is 3. The fourth-order valence-electron chi connectivity index (χ4n) is 12.3. The van der Waals surface area contributed by atoms with Crippen LogP contribution in [-0.4, -0.2) is 208 Å². The average Bonchev–Trinajstić information content (AvgIpc) is 0.849. The quantitative estimate of drug-likeness (QED) is 0.0103. The molecule has 0 aliphatic rings. The van der Waals surface area contributed by atoms with Crippen molar-refractivity contribution in [3.8, 4) is 11.5 Å². The van der Waals surface area contributed by atoms with E-state index in [-0.39, 0.29) is 122 Å². The molecule has 33 nitrogen and oxygen atoms in total. The largest absolute Gasteiger partial charge is 0.491 e. The van der Waals surface area contributed by atoms with E-state index in [9.17, 15) is 66.0 Å². The molecule has 0 aliphatic carbocycles. The van der Waals surface area contributed by atoms with Gasteiger partial charge in [0.05, 0.1) is 98.5 Å². The summed E-state index contributed by atoms with van der Waals surface area (Å²) in [4.78, 5) is 138. The molecule has 0 heterocycles. The Kier molecular flexibility index (Phi) is 83.4. The number of unbranched alkanes of at least 4 members (excludes halogenated alkanes) is 9. The van der Waals surface area contributed by atoms with Crippen LogP contribution in [0.5, 0.6) is 11.5 Å². The van der Waals surface area contributed by atoms with Gasteiger partial charge in [-0.05, 0) is 246 Å². The normalized spacial score (nSPS) is 12.1. The van der Waals surface area contributed by atoms with E-state index in [0.717, 1.165) is 115 Å². The number of aromatic carboxylic acids is 2. The molecule has 0 bridgehead atoms. The Morgan fingerprint density at radius 1 is 0.347 bits per heavy atom. The first kappa shape index (κ1) is 141. The smallest absolute Gasteiger partial charge is 0.407 e. The van der Waals surface area contributed by atoms with Crippen LogP contribution in [0.1, 0.15) is 382 Å². The lowest BCUT2D eigenvalue weighted by molar-refractivity contribution is -0.154. The maximum absolute atomic E-state index is 11.8. The van der Waals surface area contributed by atoms with Gasteiger partial charge in [0.1, 0.15) is 56.7 Å². The third kappa shape index (κ3) is 74.0. The van der Waals surface area contributed by atoms with Crippen molar-refractivity contribution in [2.75, 3.05) is 113 Å². The maximum Gasteiger partial charge on any atom is 0.407 e. The molecule has 0 radical (unpaired) electrons. The SMILES string of the molecule is CCC(C)C(=O)OCCOc1ccccc1C(=O)O.CCC(C)c1ccc(S(=O)(=O)O)cc1.CCC(C)c1ccccc1.CCCCC(CC)COC(=O)CCCCCOC(=O)NCCOC(=O)C(C)(C)CC.CCCCC(CC)COC(=O)CCCCCOC(=O)NCCOC(=O)C(C)(C)CC.CCCCC(CC)COC(=O)CCCCCOC(=O)NCCOC(=O)C(C)(C)CC.COCCOc1ccc(C(=O)O)cc1. The van der Waals surface area contributed by atoms with Crippen LogP contribution in [-0.2, 0) is 95.8 Å². The highest BCUT2D eigenvalue weighted by molar-refractivity contribution is 7.85. The number of methoxy groups -OCH3 is 1. The van der Waals surface area contributed by atoms with Crippen molar-refractivity contribution in [3.05, 3.63) is 125 Å². The van der Waals surface area contributed by atoms with Crippen LogP contribution in [0.3, 0.4) is 0 Å². The molecule has 3 amide bonds. The van der Waals surface area contributed by atoms with Gasteiger partial charge in [0.15, 0.2) is 0 Å². The monoisotopic (exact) mass is 2100 g/mol. The Morgan fingerprint density at radius 2 is 0.701 bits per heavy atom. The standard InChI is InChI=1S/3C23H43NO6.C14H18O5.C10H12O4.C10H14O3S.C10H14/c3*1-6-9-13-19(7-2)18-30-20(25)14-11-10-12-16-29-22(27)24-15-17-28-21(26)23(4,5)8-3;1-3-10(2)14(17)19-9-8-18-12-7-5-4-6-11(12)13(15)16;1-13-6-7-14-9-4-2-8(3-5-9)10(11)12;1-3-8(2)9-4-6-10(7-5-9)14(11,12)13;1-3-9(2)10-7-5-4-6-8-10/h3*19H,6-18H2,1-5H3,(H,24,27);4-7,10H,3,8-9H2,1-2H3,(H,15,16);2-5H,6-7H2,1H3,(H,11,12);4-8H,3H2,1-2H3,(H,11,12,13);4-9H,3H2,1-2H3. The van der Waals surface area contributed by atoms with Gasteiger partial charge in [0.25, 0.3) is 10.1 Å². The molecule has 0 saturated carbocycles. The van der Waals surface area contributed by atoms with Crippen molar-refractivity contribution in [2.24, 2.45) is 39.9 Å². The van der Waals surface area contributed by atoms with Crippen LogP contribution < -0.4 is 25.4 Å². The number of rotatable bonds is 68. The summed E-state index contributed by atoms with van der Waals surface area (Å²) < 4.78 is 97.3. The number of carboxylic acids is 2. The first-order valence-corrected chi connectivity index (χ1v) is 54.7. The second-order valence-electron chi connectivity index (χ2n) is 37.9. The third-order valence-electron chi connectivity index (χ3n) is 24.7. The summed E-state index contributed by atoms with van der Waals surface area (Å²) in [5, 5.41) is 25.2. The lowest BCUT2D eigenvalue weighted by atomic mass is 9.91. The minimum Gasteiger partial charge on any atom is -0.491 e. The number of carboxylic acid groups (broad SMARTS) is 2. The zero-order chi connectivity index (χ0) is 111. The summed E-state index contributed by atoms with van der Waals surface area (Å²) in [6, 6.07) is 29.6. The van der Waals surface area contributed by atoms with Crippen LogP contribution in [0.2, 0.25) is 0 Å². The number of carbonyl (C=O) groups is 12. The summed E-state index contributed by atoms with van der Waals surface area (Å²) in [5.74, 6) is -0.233. The van der Waals surface area contributed by atoms with E-state index in [2.05, 4.69) is 116 Å². The predicted molar refractivity (Wildman–Crippen MR) is 572 cm³/mol. The molecule has 0 fully saturated rings. The van der Waals surface area contributed by atoms with Crippen LogP contribution >= 0.6 is 0 Å². The highest BCUT2D eigenvalue weighted by Crippen LogP contribution is 2.27. The van der Waals surface area contributed by atoms with Crippen molar-refractivity contribution >= 4 is 82.1 Å². The van der Waals surface area contributed by atoms with Crippen LogP contribution in [0.25, 0.3) is 0 Å². The summed E-state index contributed by atoms with van der Waals surface area (Å²) in [5.41, 5.74) is 1.34. The van der Waals surface area contributed by atoms with Gasteiger partial charge in [0.2, 0.25) is 0 Å². The molecule has 0 aromatic heterocycles. The van der Waals surface area contributed by atoms with Gasteiger partial charge in [-0.2, -0.15) is 8.42 Å². The topological polar surface area (TPSA) is 456 Å². The van der Waals surface area contributed by atoms with Crippen molar-refractivity contribution in [1.82, 2.24) is 16.0 Å². The van der Waals surface area contributed by atoms with Crippen molar-refractivity contribution < 1.29 is 142 Å². The molecular formula is C113H187N3O30S. The molecule has 34 heteroatoms. The second-order valence-corrected chi connectivity index (χ2v) is 39.3. The average molecular weight is 2100 g/mol. The van der Waals surface area contributed by atoms with E-state index in [0.29, 0.717) is 146 Å². The Balaban J connectivity index is -0.00000169. The Bertz CT molecular complexity index is 4070. The second kappa shape index (κ2) is 87.3. The number of hydrogen-bond acceptors (Lipinski definition) is 27. The van der Waals surface area contributed by atoms with Gasteiger partial charge in [-0.15, -0.1) is 0 Å². The zero-order valence-corrected chi connectivity index (χ0v) is 93.9. The van der Waals surface area contributed by atoms with Crippen LogP contribution in [0, 0.1) is 39.9 Å². The molecule has 147 heavy (non-hydrogen) atoms. The summed E-state index contributed by atoms with van der Waals surface area (Å²) in [6.45, 7) is 46.6. The number of esters is 7. The molecule has 6 atom stereocenters. The van der Waals surface area contributed by atoms with E-state index >= 15 is 0 Å². The lowest BCUT2D eigenvalue weighted by Crippen LogP contribution is -2.32. The fraction of sp³-hybridized carbons (Fsp3) is 0.681. The Hall–Kier alpha value is -10.6. The molecule has 6 unspecified atom stereocenters. The van der Waals surface area contributed by atoms with Gasteiger partial charge in [-0.1, -0.05) is 216 Å². The number of ether oxygens (including phenoxy) is 13. The maximum atomic E-state index is 11.8. The molecule has 6 N–H and O–H groups in total. The number of nitrogens with one attached hydrogen (secondary N) is 3. The molecule has 0 aliphatic heterocycles. The number of benzene rings is 4. The van der Waals surface area contributed by atoms with Crippen molar-refractivity contribution in [3.63, 3.8) is 0 Å². The third-order valence-corrected chi connectivity index (χ3v) is 25.6. The van der Waals surface area contributed by atoms with E-state index in [1.54, 1.807) is 56.5 Å². The molecule has 0 spiro atoms. The number of hydrogen-bond donors (Lipinski definition) is 6. The fourth-order valence-corrected chi connectivity index (χ4v) is 12.8. The van der Waals surface area contributed by atoms with Crippen molar-refractivity contribution in [1.29, 1.82) is 0 Å². The predicted octanol–water partition coefficient (Wildman–Crippen LogP) is 24.4. The van der Waals surface area contributed by atoms with Gasteiger partial charge < -0.3 is 87.7 Å². The zero-order valence-electron chi connectivity index (χ0n) is 93.1. The molecule has 4 rings (SSSR count). The van der Waals surface area contributed by atoms with E-state index in [4.69, 9.17) is 76.3 Å². The summed E-state index contributed by atoms with van der Waals surface area (Å²) in [7, 11) is -2.46. The van der Waals surface area contributed by atoms with Crippen molar-refractivity contribution in [2.45, 2.75) is 355 Å².